The lowest BCUT2D eigenvalue weighted by Gasteiger charge is -2.08. The number of nitrogens with zero attached hydrogens (tertiary/aromatic N) is 1. The number of halogens is 7. The second-order valence-corrected chi connectivity index (χ2v) is 3.61. The summed E-state index contributed by atoms with van der Waals surface area (Å²) in [5.74, 6) is 0. The minimum atomic E-state index is -4.72. The molecule has 0 fully saturated rings. The van der Waals surface area contributed by atoms with Gasteiger partial charge in [-0.15, -0.1) is 0 Å². The lowest BCUT2D eigenvalue weighted by molar-refractivity contribution is -0.137. The topological polar surface area (TPSA) is 12.4 Å². The highest BCUT2D eigenvalue weighted by atomic mass is 35.5. The molecule has 0 aliphatic rings. The van der Waals surface area contributed by atoms with Crippen LogP contribution >= 0.6 is 11.6 Å². The molecular formula is C10H5ClF6N. The summed E-state index contributed by atoms with van der Waals surface area (Å²) in [5.41, 5.74) is -3.41. The van der Waals surface area contributed by atoms with E-state index in [9.17, 15) is 26.3 Å². The zero-order valence-corrected chi connectivity index (χ0v) is 9.24. The van der Waals surface area contributed by atoms with E-state index in [0.717, 1.165) is 12.1 Å². The summed E-state index contributed by atoms with van der Waals surface area (Å²) in [4.78, 5) is 2.87. The summed E-state index contributed by atoms with van der Waals surface area (Å²) >= 11 is 4.88. The first kappa shape index (κ1) is 14.8. The van der Waals surface area contributed by atoms with E-state index in [0.29, 0.717) is 12.1 Å². The van der Waals surface area contributed by atoms with Gasteiger partial charge in [-0.3, -0.25) is 4.99 Å². The van der Waals surface area contributed by atoms with Gasteiger partial charge in [-0.2, -0.15) is 26.3 Å². The second kappa shape index (κ2) is 5.17. The summed E-state index contributed by atoms with van der Waals surface area (Å²) < 4.78 is 72.4. The van der Waals surface area contributed by atoms with Crippen molar-refractivity contribution >= 4 is 17.8 Å². The van der Waals surface area contributed by atoms with Gasteiger partial charge in [0.2, 0.25) is 5.50 Å². The molecule has 0 bridgehead atoms. The number of alkyl halides is 7. The molecule has 0 saturated carbocycles. The third-order valence-corrected chi connectivity index (χ3v) is 2.13. The van der Waals surface area contributed by atoms with E-state index >= 15 is 0 Å². The molecule has 8 heteroatoms. The van der Waals surface area contributed by atoms with Gasteiger partial charge in [0, 0.05) is 5.56 Å². The lowest BCUT2D eigenvalue weighted by atomic mass is 10.1. The molecule has 1 rings (SSSR count). The predicted molar refractivity (Wildman–Crippen MR) is 53.7 cm³/mol. The standard InChI is InChI=1S/C10H5ClF6N/c11-8(10(15,16)17)18-5-6-1-3-7(4-2-6)9(12,13)14/h1-4,8H. The Labute approximate surface area is 103 Å². The number of rotatable bonds is 2. The van der Waals surface area contributed by atoms with Crippen LogP contribution < -0.4 is 0 Å². The predicted octanol–water partition coefficient (Wildman–Crippen LogP) is 4.13. The van der Waals surface area contributed by atoms with Gasteiger partial charge in [0.25, 0.3) is 0 Å². The van der Waals surface area contributed by atoms with E-state index in [1.165, 1.54) is 0 Å². The van der Waals surface area contributed by atoms with Crippen molar-refractivity contribution in [3.8, 4) is 0 Å². The fourth-order valence-corrected chi connectivity index (χ4v) is 0.987. The Hall–Kier alpha value is -1.24. The molecule has 1 nitrogen and oxygen atoms in total. The Balaban J connectivity index is 2.79. The smallest absolute Gasteiger partial charge is 0.253 e. The molecule has 0 N–H and O–H groups in total. The molecule has 1 aromatic carbocycles. The Morgan fingerprint density at radius 2 is 1.50 bits per heavy atom. The van der Waals surface area contributed by atoms with Crippen LogP contribution in [0.1, 0.15) is 11.1 Å². The highest BCUT2D eigenvalue weighted by molar-refractivity contribution is 6.21. The number of hydrogen-bond acceptors (Lipinski definition) is 1. The number of benzene rings is 1. The Bertz CT molecular complexity index is 419. The molecule has 0 aliphatic heterocycles. The van der Waals surface area contributed by atoms with E-state index in [2.05, 4.69) is 4.99 Å². The molecule has 1 radical (unpaired) electrons. The van der Waals surface area contributed by atoms with Crippen LogP contribution in [0.4, 0.5) is 26.3 Å². The van der Waals surface area contributed by atoms with Crippen LogP contribution in [0.2, 0.25) is 0 Å². The third-order valence-electron chi connectivity index (χ3n) is 1.79. The van der Waals surface area contributed by atoms with E-state index in [1.54, 1.807) is 0 Å². The highest BCUT2D eigenvalue weighted by Gasteiger charge is 2.37. The Kier molecular flexibility index (Phi) is 4.26. The van der Waals surface area contributed by atoms with Crippen molar-refractivity contribution in [1.29, 1.82) is 0 Å². The maximum Gasteiger partial charge on any atom is 0.424 e. The van der Waals surface area contributed by atoms with E-state index in [1.807, 2.05) is 6.21 Å². The van der Waals surface area contributed by atoms with Gasteiger partial charge in [0.15, 0.2) is 0 Å². The van der Waals surface area contributed by atoms with Gasteiger partial charge in [-0.1, -0.05) is 23.7 Å². The van der Waals surface area contributed by atoms with Gasteiger partial charge in [0.05, 0.1) is 11.8 Å². The van der Waals surface area contributed by atoms with Crippen LogP contribution in [-0.4, -0.2) is 17.9 Å². The molecule has 0 aromatic heterocycles. The highest BCUT2D eigenvalue weighted by Crippen LogP contribution is 2.29. The molecule has 0 amide bonds. The first-order valence-electron chi connectivity index (χ1n) is 4.44. The Morgan fingerprint density at radius 1 is 1.00 bits per heavy atom. The molecule has 0 saturated heterocycles. The molecular weight excluding hydrogens is 284 g/mol. The molecule has 18 heavy (non-hydrogen) atoms. The summed E-state index contributed by atoms with van der Waals surface area (Å²) in [5, 5.41) is 0. The van der Waals surface area contributed by atoms with Crippen molar-refractivity contribution in [2.24, 2.45) is 4.99 Å². The van der Waals surface area contributed by atoms with Gasteiger partial charge in [-0.25, -0.2) is 0 Å². The van der Waals surface area contributed by atoms with Crippen molar-refractivity contribution < 1.29 is 26.3 Å². The third kappa shape index (κ3) is 4.21. The molecule has 1 atom stereocenters. The van der Waals surface area contributed by atoms with Gasteiger partial charge >= 0.3 is 12.4 Å². The molecule has 0 aliphatic carbocycles. The first-order chi connectivity index (χ1) is 8.10. The first-order valence-corrected chi connectivity index (χ1v) is 4.88. The number of hydrogen-bond donors (Lipinski definition) is 0. The van der Waals surface area contributed by atoms with Gasteiger partial charge < -0.3 is 0 Å². The van der Waals surface area contributed by atoms with Gasteiger partial charge in [0.1, 0.15) is 0 Å². The normalized spacial score (nSPS) is 15.1. The van der Waals surface area contributed by atoms with Crippen molar-refractivity contribution in [2.75, 3.05) is 0 Å². The molecule has 0 spiro atoms. The van der Waals surface area contributed by atoms with E-state index < -0.39 is 23.4 Å². The van der Waals surface area contributed by atoms with Gasteiger partial charge in [-0.05, 0) is 12.1 Å². The Morgan fingerprint density at radius 3 is 1.89 bits per heavy atom. The van der Waals surface area contributed by atoms with E-state index in [-0.39, 0.29) is 5.56 Å². The second-order valence-electron chi connectivity index (χ2n) is 3.19. The van der Waals surface area contributed by atoms with Crippen molar-refractivity contribution in [3.05, 3.63) is 35.4 Å². The minimum absolute atomic E-state index is 0.0297. The monoisotopic (exact) mass is 288 g/mol. The molecule has 1 aromatic rings. The van der Waals surface area contributed by atoms with Crippen LogP contribution in [0, 0.1) is 0 Å². The largest absolute Gasteiger partial charge is 0.424 e. The SMILES string of the molecule is FC(F)(F)c1ccc([C]=NC(Cl)C(F)(F)F)cc1. The maximum absolute atomic E-state index is 12.2. The molecule has 1 unspecified atom stereocenters. The zero-order valence-electron chi connectivity index (χ0n) is 8.48. The van der Waals surface area contributed by atoms with E-state index in [4.69, 9.17) is 11.6 Å². The van der Waals surface area contributed by atoms with Crippen LogP contribution in [0.3, 0.4) is 0 Å². The van der Waals surface area contributed by atoms with Crippen molar-refractivity contribution in [2.45, 2.75) is 17.9 Å². The van der Waals surface area contributed by atoms with Crippen molar-refractivity contribution in [3.63, 3.8) is 0 Å². The maximum atomic E-state index is 12.2. The summed E-state index contributed by atoms with van der Waals surface area (Å²) in [7, 11) is 0. The summed E-state index contributed by atoms with van der Waals surface area (Å²) in [6, 6.07) is 3.34. The summed E-state index contributed by atoms with van der Waals surface area (Å²) in [6.07, 6.45) is -7.29. The fourth-order valence-electron chi connectivity index (χ4n) is 0.938. The average Bonchev–Trinajstić information content (AvgIpc) is 2.24. The van der Waals surface area contributed by atoms with Crippen LogP contribution in [0.25, 0.3) is 0 Å². The number of aliphatic imine (C=N–C) groups is 1. The summed E-state index contributed by atoms with van der Waals surface area (Å²) in [6.45, 7) is 0. The average molecular weight is 289 g/mol. The minimum Gasteiger partial charge on any atom is -0.253 e. The lowest BCUT2D eigenvalue weighted by Crippen LogP contribution is -2.21. The van der Waals surface area contributed by atoms with Crippen LogP contribution in [-0.2, 0) is 6.18 Å². The molecule has 0 heterocycles. The molecule has 99 valence electrons. The van der Waals surface area contributed by atoms with Crippen LogP contribution in [0.15, 0.2) is 29.3 Å². The fraction of sp³-hybridized carbons (Fsp3) is 0.300. The zero-order chi connectivity index (χ0) is 14.0. The quantitative estimate of drug-likeness (QED) is 0.336. The van der Waals surface area contributed by atoms with Crippen LogP contribution in [0.5, 0.6) is 0 Å². The van der Waals surface area contributed by atoms with Crippen molar-refractivity contribution in [1.82, 2.24) is 0 Å².